The van der Waals surface area contributed by atoms with Gasteiger partial charge in [0.1, 0.15) is 17.9 Å². The Kier molecular flexibility index (Phi) is 9.67. The second-order valence-electron chi connectivity index (χ2n) is 11.5. The molecular formula is C29H42ClFN6O2. The summed E-state index contributed by atoms with van der Waals surface area (Å²) in [6, 6.07) is 4.07. The molecule has 39 heavy (non-hydrogen) atoms. The summed E-state index contributed by atoms with van der Waals surface area (Å²) in [6.07, 6.45) is 8.15. The van der Waals surface area contributed by atoms with E-state index in [1.165, 1.54) is 56.8 Å². The van der Waals surface area contributed by atoms with Crippen molar-refractivity contribution in [2.24, 2.45) is 11.3 Å². The Hall–Kier alpha value is -2.49. The van der Waals surface area contributed by atoms with E-state index in [9.17, 15) is 9.18 Å². The van der Waals surface area contributed by atoms with E-state index in [4.69, 9.17) is 4.74 Å². The van der Waals surface area contributed by atoms with Crippen LogP contribution in [-0.4, -0.2) is 84.1 Å². The lowest BCUT2D eigenvalue weighted by molar-refractivity contribution is 0.0634. The van der Waals surface area contributed by atoms with Crippen LogP contribution in [0.4, 0.5) is 10.2 Å². The molecule has 1 N–H and O–H groups in total. The molecular weight excluding hydrogens is 519 g/mol. The first-order valence-corrected chi connectivity index (χ1v) is 14.1. The number of likely N-dealkylation sites (tertiary alicyclic amines) is 1. The molecule has 0 radical (unpaired) electrons. The van der Waals surface area contributed by atoms with Crippen LogP contribution in [0.3, 0.4) is 0 Å². The topological polar surface area (TPSA) is 73.8 Å². The maximum Gasteiger partial charge on any atom is 0.257 e. The minimum Gasteiger partial charge on any atom is -0.451 e. The third kappa shape index (κ3) is 6.64. The van der Waals surface area contributed by atoms with Crippen molar-refractivity contribution in [1.29, 1.82) is 0 Å². The molecule has 0 unspecified atom stereocenters. The Labute approximate surface area is 237 Å². The summed E-state index contributed by atoms with van der Waals surface area (Å²) in [4.78, 5) is 28.6. The maximum atomic E-state index is 14.2. The van der Waals surface area contributed by atoms with Gasteiger partial charge in [0.15, 0.2) is 11.6 Å². The number of halogens is 2. The van der Waals surface area contributed by atoms with Crippen molar-refractivity contribution in [3.63, 3.8) is 0 Å². The van der Waals surface area contributed by atoms with Gasteiger partial charge < -0.3 is 24.8 Å². The highest BCUT2D eigenvalue weighted by atomic mass is 35.5. The first-order chi connectivity index (χ1) is 18.4. The number of ether oxygens (including phenoxy) is 1. The molecule has 3 aliphatic heterocycles. The number of carbonyl (C=O) groups is 1. The van der Waals surface area contributed by atoms with Gasteiger partial charge in [0.25, 0.3) is 5.91 Å². The lowest BCUT2D eigenvalue weighted by Gasteiger charge is -2.54. The molecule has 2 aromatic rings. The molecule has 3 aliphatic rings. The number of nitrogens with zero attached hydrogens (tertiary/aromatic N) is 5. The molecule has 1 spiro atoms. The first-order valence-electron chi connectivity index (χ1n) is 14.1. The van der Waals surface area contributed by atoms with Crippen molar-refractivity contribution >= 4 is 24.1 Å². The Balaban J connectivity index is 0.00000353. The average molecular weight is 561 g/mol. The second kappa shape index (κ2) is 12.8. The van der Waals surface area contributed by atoms with Gasteiger partial charge in [-0.2, -0.15) is 0 Å². The predicted molar refractivity (Wildman–Crippen MR) is 154 cm³/mol. The van der Waals surface area contributed by atoms with Crippen LogP contribution in [0.5, 0.6) is 11.5 Å². The highest BCUT2D eigenvalue weighted by Gasteiger charge is 2.46. The summed E-state index contributed by atoms with van der Waals surface area (Å²) >= 11 is 0. The van der Waals surface area contributed by atoms with Gasteiger partial charge in [0, 0.05) is 37.6 Å². The van der Waals surface area contributed by atoms with Crippen molar-refractivity contribution < 1.29 is 13.9 Å². The van der Waals surface area contributed by atoms with E-state index in [1.807, 2.05) is 20.8 Å². The van der Waals surface area contributed by atoms with Crippen molar-refractivity contribution in [1.82, 2.24) is 25.1 Å². The fourth-order valence-electron chi connectivity index (χ4n) is 6.26. The van der Waals surface area contributed by atoms with Crippen LogP contribution in [0, 0.1) is 17.2 Å². The SMILES string of the molecule is CCN(C(=O)c1cc(F)ccc1Oc1cncnc1N1CC2(CCN(CC3CCNCC3)CC2)C1)C(C)C.Cl. The van der Waals surface area contributed by atoms with Crippen LogP contribution < -0.4 is 15.0 Å². The quantitative estimate of drug-likeness (QED) is 0.506. The minimum atomic E-state index is -0.471. The molecule has 5 rings (SSSR count). The third-order valence-corrected chi connectivity index (χ3v) is 8.52. The Morgan fingerprint density at radius 3 is 2.59 bits per heavy atom. The van der Waals surface area contributed by atoms with Crippen LogP contribution in [0.1, 0.15) is 56.8 Å². The number of rotatable bonds is 8. The predicted octanol–water partition coefficient (Wildman–Crippen LogP) is 4.60. The van der Waals surface area contributed by atoms with Gasteiger partial charge in [-0.1, -0.05) is 0 Å². The fraction of sp³-hybridized carbons (Fsp3) is 0.621. The highest BCUT2D eigenvalue weighted by molar-refractivity contribution is 5.97. The van der Waals surface area contributed by atoms with Gasteiger partial charge in [-0.25, -0.2) is 14.4 Å². The van der Waals surface area contributed by atoms with Gasteiger partial charge in [-0.05, 0) is 96.8 Å². The fourth-order valence-corrected chi connectivity index (χ4v) is 6.26. The van der Waals surface area contributed by atoms with Gasteiger partial charge in [-0.15, -0.1) is 12.4 Å². The number of anilines is 1. The van der Waals surface area contributed by atoms with Crippen LogP contribution in [-0.2, 0) is 0 Å². The number of amides is 1. The number of piperidine rings is 2. The van der Waals surface area contributed by atoms with E-state index in [-0.39, 0.29) is 29.9 Å². The van der Waals surface area contributed by atoms with Crippen LogP contribution in [0.25, 0.3) is 0 Å². The summed E-state index contributed by atoms with van der Waals surface area (Å²) in [5, 5.41) is 3.47. The number of benzene rings is 1. The van der Waals surface area contributed by atoms with Crippen molar-refractivity contribution in [2.75, 3.05) is 57.3 Å². The zero-order valence-electron chi connectivity index (χ0n) is 23.4. The lowest BCUT2D eigenvalue weighted by Crippen LogP contribution is -2.61. The van der Waals surface area contributed by atoms with E-state index in [0.29, 0.717) is 23.5 Å². The van der Waals surface area contributed by atoms with Crippen LogP contribution in [0.15, 0.2) is 30.7 Å². The molecule has 1 amide bonds. The molecule has 0 saturated carbocycles. The Morgan fingerprint density at radius 1 is 1.21 bits per heavy atom. The van der Waals surface area contributed by atoms with Crippen LogP contribution in [0.2, 0.25) is 0 Å². The van der Waals surface area contributed by atoms with E-state index in [1.54, 1.807) is 11.1 Å². The molecule has 0 aliphatic carbocycles. The minimum absolute atomic E-state index is 0. The molecule has 4 heterocycles. The van der Waals surface area contributed by atoms with Gasteiger partial charge in [0.2, 0.25) is 0 Å². The number of hydrogen-bond acceptors (Lipinski definition) is 7. The zero-order chi connectivity index (χ0) is 26.7. The maximum absolute atomic E-state index is 14.2. The average Bonchev–Trinajstić information content (AvgIpc) is 2.90. The van der Waals surface area contributed by atoms with Crippen molar-refractivity contribution in [2.45, 2.75) is 52.5 Å². The summed E-state index contributed by atoms with van der Waals surface area (Å²) in [6.45, 7) is 14.1. The molecule has 214 valence electrons. The number of hydrogen-bond donors (Lipinski definition) is 1. The Morgan fingerprint density at radius 2 is 1.92 bits per heavy atom. The largest absolute Gasteiger partial charge is 0.451 e. The normalized spacial score (nSPS) is 19.5. The molecule has 3 fully saturated rings. The van der Waals surface area contributed by atoms with Crippen LogP contribution >= 0.6 is 12.4 Å². The smallest absolute Gasteiger partial charge is 0.257 e. The molecule has 3 saturated heterocycles. The lowest BCUT2D eigenvalue weighted by atomic mass is 9.72. The molecule has 1 aromatic carbocycles. The van der Waals surface area contributed by atoms with E-state index < -0.39 is 5.82 Å². The van der Waals surface area contributed by atoms with Gasteiger partial charge in [-0.3, -0.25) is 4.79 Å². The second-order valence-corrected chi connectivity index (χ2v) is 11.5. The van der Waals surface area contributed by atoms with E-state index >= 15 is 0 Å². The summed E-state index contributed by atoms with van der Waals surface area (Å²) < 4.78 is 20.4. The van der Waals surface area contributed by atoms with Gasteiger partial charge in [0.05, 0.1) is 11.8 Å². The number of aromatic nitrogens is 2. The summed E-state index contributed by atoms with van der Waals surface area (Å²) in [5.74, 6) is 1.63. The van der Waals surface area contributed by atoms with Gasteiger partial charge >= 0.3 is 0 Å². The summed E-state index contributed by atoms with van der Waals surface area (Å²) in [5.41, 5.74) is 0.527. The number of nitrogens with one attached hydrogen (secondary N) is 1. The molecule has 10 heteroatoms. The van der Waals surface area contributed by atoms with Crippen molar-refractivity contribution in [3.8, 4) is 11.5 Å². The molecule has 1 aromatic heterocycles. The standard InChI is InChI=1S/C29H41FN6O2.ClH/c1-4-36(21(2)3)28(37)24-15-23(30)5-6-25(24)38-26-16-32-20-33-27(26)35-18-29(19-35)9-13-34(14-10-29)17-22-7-11-31-12-8-22;/h5-6,15-16,20-22,31H,4,7-14,17-19H2,1-3H3;1H. The first kappa shape index (κ1) is 29.5. The molecule has 8 nitrogen and oxygen atoms in total. The zero-order valence-corrected chi connectivity index (χ0v) is 24.2. The molecule has 0 atom stereocenters. The molecule has 0 bridgehead atoms. The number of carbonyl (C=O) groups excluding carboxylic acids is 1. The Bertz CT molecular complexity index is 1110. The van der Waals surface area contributed by atoms with E-state index in [2.05, 4.69) is 25.1 Å². The van der Waals surface area contributed by atoms with Crippen molar-refractivity contribution in [3.05, 3.63) is 42.1 Å². The van der Waals surface area contributed by atoms with E-state index in [0.717, 1.165) is 51.0 Å². The third-order valence-electron chi connectivity index (χ3n) is 8.52. The highest BCUT2D eigenvalue weighted by Crippen LogP contribution is 2.45. The monoisotopic (exact) mass is 560 g/mol. The summed E-state index contributed by atoms with van der Waals surface area (Å²) in [7, 11) is 0.